The molecule has 4 N–H and O–H groups in total. The van der Waals surface area contributed by atoms with E-state index in [1.165, 1.54) is 83.1 Å². The number of Topliss-reactive ketones (excluding diaryl/α,β-unsaturated/α-hetero) is 12. The Labute approximate surface area is 516 Å². The van der Waals surface area contributed by atoms with Gasteiger partial charge in [-0.3, -0.25) is 19.2 Å². The monoisotopic (exact) mass is 1220 g/mol. The van der Waals surface area contributed by atoms with E-state index in [1.807, 2.05) is 0 Å². The second kappa shape index (κ2) is 32.4. The largest absolute Gasteiger partial charge is 0.350 e. The van der Waals surface area contributed by atoms with Crippen molar-refractivity contribution in [1.29, 1.82) is 0 Å². The number of rotatable bonds is 44. The maximum Gasteiger partial charge on any atom is 0.226 e. The zero-order chi connectivity index (χ0) is 65.3. The molecule has 0 saturated heterocycles. The minimum Gasteiger partial charge on any atom is -0.350 e. The SMILES string of the molecule is C.CC(=O)CCC(CCC(C)=O)(CCC(C)=O)NC(=O)C12CC3(C(=O)NC(CCC(C)=O)(CCC(C)=O)CCC(C)=O)CC(C(=O)NC(CCC(C)=O)(CCC(C)=O)CCC(C)=O)(C1)CC(C(=O)NC(CCC(C)=O)(CCC(C)=O)CCC(C)=O)(C2)C3. The Hall–Kier alpha value is -6.08. The van der Waals surface area contributed by atoms with Crippen molar-refractivity contribution >= 4 is 93.0 Å². The van der Waals surface area contributed by atoms with Crippen molar-refractivity contribution in [1.82, 2.24) is 21.3 Å². The van der Waals surface area contributed by atoms with Gasteiger partial charge in [0, 0.05) is 99.2 Å². The third kappa shape index (κ3) is 22.8. The molecule has 488 valence electrons. The van der Waals surface area contributed by atoms with Gasteiger partial charge in [-0.25, -0.2) is 0 Å². The van der Waals surface area contributed by atoms with Gasteiger partial charge in [-0.15, -0.1) is 0 Å². The van der Waals surface area contributed by atoms with Gasteiger partial charge in [0.25, 0.3) is 0 Å². The third-order valence-corrected chi connectivity index (χ3v) is 19.0. The smallest absolute Gasteiger partial charge is 0.226 e. The van der Waals surface area contributed by atoms with Crippen molar-refractivity contribution in [2.45, 2.75) is 305 Å². The minimum atomic E-state index is -1.88. The van der Waals surface area contributed by atoms with E-state index in [9.17, 15) is 57.5 Å². The lowest BCUT2D eigenvalue weighted by Gasteiger charge is -2.68. The Morgan fingerprint density at radius 2 is 0.310 bits per heavy atom. The molecule has 4 rings (SSSR count). The predicted molar refractivity (Wildman–Crippen MR) is 327 cm³/mol. The normalized spacial score (nSPS) is 20.5. The lowest BCUT2D eigenvalue weighted by molar-refractivity contribution is -0.211. The number of hydrogen-bond donors (Lipinski definition) is 4. The molecule has 4 saturated carbocycles. The van der Waals surface area contributed by atoms with Crippen LogP contribution in [0.15, 0.2) is 0 Å². The molecular weight excluding hydrogens is 1120 g/mol. The van der Waals surface area contributed by atoms with Gasteiger partial charge in [0.1, 0.15) is 69.4 Å². The zero-order valence-corrected chi connectivity index (χ0v) is 53.7. The molecule has 0 aromatic heterocycles. The molecule has 4 bridgehead atoms. The van der Waals surface area contributed by atoms with Gasteiger partial charge >= 0.3 is 0 Å². The lowest BCUT2D eigenvalue weighted by atomic mass is 9.34. The van der Waals surface area contributed by atoms with Crippen LogP contribution in [0, 0.1) is 21.7 Å². The Balaban J connectivity index is 0.0000258. The van der Waals surface area contributed by atoms with Gasteiger partial charge in [0.15, 0.2) is 0 Å². The van der Waals surface area contributed by atoms with E-state index in [0.717, 1.165) is 0 Å². The van der Waals surface area contributed by atoms with E-state index >= 15 is 19.2 Å². The highest BCUT2D eigenvalue weighted by Crippen LogP contribution is 2.74. The third-order valence-electron chi connectivity index (χ3n) is 19.0. The van der Waals surface area contributed by atoms with Crippen LogP contribution in [0.4, 0.5) is 0 Å². The first-order valence-electron chi connectivity index (χ1n) is 31.0. The van der Waals surface area contributed by atoms with Crippen LogP contribution in [0.1, 0.15) is 283 Å². The van der Waals surface area contributed by atoms with Gasteiger partial charge in [-0.1, -0.05) is 7.43 Å². The lowest BCUT2D eigenvalue weighted by Crippen LogP contribution is -2.74. The molecule has 4 aliphatic rings. The van der Waals surface area contributed by atoms with Crippen molar-refractivity contribution < 1.29 is 76.7 Å². The maximum atomic E-state index is 16.5. The van der Waals surface area contributed by atoms with Crippen molar-refractivity contribution in [2.75, 3.05) is 0 Å². The van der Waals surface area contributed by atoms with E-state index in [1.54, 1.807) is 0 Å². The molecule has 0 aliphatic heterocycles. The number of carbonyl (C=O) groups is 16. The van der Waals surface area contributed by atoms with Gasteiger partial charge in [0.05, 0.1) is 21.7 Å². The van der Waals surface area contributed by atoms with Crippen LogP contribution in [0.5, 0.6) is 0 Å². The van der Waals surface area contributed by atoms with Crippen LogP contribution >= 0.6 is 0 Å². The fraction of sp³-hybridized carbons (Fsp3) is 0.761. The highest BCUT2D eigenvalue weighted by molar-refractivity contribution is 5.98. The number of amides is 4. The van der Waals surface area contributed by atoms with Crippen LogP contribution in [0.3, 0.4) is 0 Å². The summed E-state index contributed by atoms with van der Waals surface area (Å²) in [5, 5.41) is 12.9. The molecule has 20 heteroatoms. The highest BCUT2D eigenvalue weighted by atomic mass is 16.2. The van der Waals surface area contributed by atoms with E-state index in [2.05, 4.69) is 21.3 Å². The van der Waals surface area contributed by atoms with Gasteiger partial charge in [0.2, 0.25) is 23.6 Å². The molecular formula is C67H104N4O16. The second-order valence-corrected chi connectivity index (χ2v) is 27.5. The number of ketones is 12. The number of carbonyl (C=O) groups excluding carboxylic acids is 16. The molecule has 0 radical (unpaired) electrons. The predicted octanol–water partition coefficient (Wildman–Crippen LogP) is 8.80. The first-order valence-corrected chi connectivity index (χ1v) is 31.0. The van der Waals surface area contributed by atoms with E-state index < -0.39 is 67.4 Å². The first kappa shape index (κ1) is 77.0. The van der Waals surface area contributed by atoms with Crippen LogP contribution < -0.4 is 21.3 Å². The molecule has 0 heterocycles. The molecule has 0 unspecified atom stereocenters. The number of hydrogen-bond acceptors (Lipinski definition) is 16. The summed E-state index contributed by atoms with van der Waals surface area (Å²) in [5.74, 6) is -5.94. The summed E-state index contributed by atoms with van der Waals surface area (Å²) in [6.07, 6.45) is -3.03. The maximum absolute atomic E-state index is 16.5. The average molecular weight is 1220 g/mol. The van der Waals surface area contributed by atoms with Gasteiger partial charge < -0.3 is 78.8 Å². The Morgan fingerprint density at radius 3 is 0.391 bits per heavy atom. The van der Waals surface area contributed by atoms with Crippen LogP contribution in [-0.4, -0.2) is 115 Å². The zero-order valence-electron chi connectivity index (χ0n) is 53.7. The standard InChI is InChI=1S/C66H100N4O16.CH4/c1-43(71)13-25-63(26-14-44(2)72,27-15-45(3)73)67-55(83)59-37-60(56(84)68-64(28-16-46(4)74,29-17-47(5)75)30-18-48(6)76)40-61(38-59,57(85)69-65(31-19-49(7)77,32-20-50(8)78)33-21-51(9)79)42-62(39-59,41-60)58(86)70-66(34-22-52(10)80,35-23-53(11)81)36-24-54(12)82;/h13-42H2,1-12H3,(H,67,83)(H,68,84)(H,69,85)(H,70,86);1H4. The second-order valence-electron chi connectivity index (χ2n) is 27.5. The molecule has 4 aliphatic carbocycles. The van der Waals surface area contributed by atoms with Crippen LogP contribution in [-0.2, 0) is 76.7 Å². The molecule has 20 nitrogen and oxygen atoms in total. The van der Waals surface area contributed by atoms with Crippen molar-refractivity contribution in [3.63, 3.8) is 0 Å². The fourth-order valence-corrected chi connectivity index (χ4v) is 14.3. The molecule has 4 fully saturated rings. The molecule has 0 aromatic carbocycles. The highest BCUT2D eigenvalue weighted by Gasteiger charge is 2.76. The Kier molecular flexibility index (Phi) is 28.7. The quantitative estimate of drug-likeness (QED) is 0.0443. The average Bonchev–Trinajstić information content (AvgIpc) is 3.39. The molecule has 4 amide bonds. The fourth-order valence-electron chi connectivity index (χ4n) is 14.3. The van der Waals surface area contributed by atoms with Crippen molar-refractivity contribution in [2.24, 2.45) is 21.7 Å². The number of nitrogens with one attached hydrogen (secondary N) is 4. The Morgan fingerprint density at radius 1 is 0.218 bits per heavy atom. The minimum absolute atomic E-state index is 0. The summed E-state index contributed by atoms with van der Waals surface area (Å²) in [7, 11) is 0. The van der Waals surface area contributed by atoms with Crippen molar-refractivity contribution in [3.8, 4) is 0 Å². The summed E-state index contributed by atoms with van der Waals surface area (Å²) in [5.41, 5.74) is -13.1. The first-order chi connectivity index (χ1) is 39.8. The summed E-state index contributed by atoms with van der Waals surface area (Å²) in [6.45, 7) is 16.4. The molecule has 87 heavy (non-hydrogen) atoms. The van der Waals surface area contributed by atoms with E-state index in [-0.39, 0.29) is 269 Å². The Bertz CT molecular complexity index is 2090. The molecule has 0 aromatic rings. The summed E-state index contributed by atoms with van der Waals surface area (Å²) >= 11 is 0. The van der Waals surface area contributed by atoms with Crippen molar-refractivity contribution in [3.05, 3.63) is 0 Å². The summed E-state index contributed by atoms with van der Waals surface area (Å²) in [6, 6.07) is 0. The molecule has 0 atom stereocenters. The topological polar surface area (TPSA) is 321 Å². The van der Waals surface area contributed by atoms with E-state index in [4.69, 9.17) is 0 Å². The summed E-state index contributed by atoms with van der Waals surface area (Å²) < 4.78 is 0. The van der Waals surface area contributed by atoms with Crippen LogP contribution in [0.25, 0.3) is 0 Å². The van der Waals surface area contributed by atoms with Gasteiger partial charge in [-0.05, 0) is 199 Å². The molecule has 0 spiro atoms. The van der Waals surface area contributed by atoms with Gasteiger partial charge in [-0.2, -0.15) is 0 Å². The van der Waals surface area contributed by atoms with E-state index in [0.29, 0.717) is 0 Å². The summed E-state index contributed by atoms with van der Waals surface area (Å²) in [4.78, 5) is 220. The van der Waals surface area contributed by atoms with Crippen LogP contribution in [0.2, 0.25) is 0 Å².